The van der Waals surface area contributed by atoms with Gasteiger partial charge in [0.1, 0.15) is 12.2 Å². The summed E-state index contributed by atoms with van der Waals surface area (Å²) < 4.78 is 37.4. The Bertz CT molecular complexity index is 493. The molecule has 26 heavy (non-hydrogen) atoms. The molecule has 6 atom stereocenters. The molecule has 0 aromatic carbocycles. The second-order valence-corrected chi connectivity index (χ2v) is 5.66. The molecule has 1 rings (SSSR count). The molecule has 0 radical (unpaired) electrons. The highest BCUT2D eigenvalue weighted by atomic mass is 16.7. The van der Waals surface area contributed by atoms with Crippen molar-refractivity contribution in [1.82, 2.24) is 0 Å². The summed E-state index contributed by atoms with van der Waals surface area (Å²) >= 11 is 0. The second-order valence-electron chi connectivity index (χ2n) is 5.66. The van der Waals surface area contributed by atoms with Gasteiger partial charge in [0.2, 0.25) is 0 Å². The van der Waals surface area contributed by atoms with Crippen molar-refractivity contribution in [3.63, 3.8) is 0 Å². The third-order valence-corrected chi connectivity index (χ3v) is 3.65. The fourth-order valence-corrected chi connectivity index (χ4v) is 2.80. The van der Waals surface area contributed by atoms with E-state index in [1.54, 1.807) is 0 Å². The topological polar surface area (TPSA) is 116 Å². The molecule has 1 saturated heterocycles. The highest BCUT2D eigenvalue weighted by molar-refractivity contribution is 5.68. The van der Waals surface area contributed by atoms with Crippen LogP contribution >= 0.6 is 0 Å². The summed E-state index contributed by atoms with van der Waals surface area (Å²) in [6.07, 6.45) is -5.92. The third-order valence-electron chi connectivity index (χ3n) is 3.65. The number of rotatable bonds is 8. The molecule has 0 saturated carbocycles. The van der Waals surface area contributed by atoms with Crippen LogP contribution < -0.4 is 0 Å². The Morgan fingerprint density at radius 3 is 1.85 bits per heavy atom. The molecule has 150 valence electrons. The molecule has 1 fully saturated rings. The second kappa shape index (κ2) is 10.4. The number of carbonyl (C=O) groups excluding carboxylic acids is 3. The van der Waals surface area contributed by atoms with Crippen molar-refractivity contribution in [3.8, 4) is 0 Å². The molecule has 1 heterocycles. The van der Waals surface area contributed by atoms with Crippen LogP contribution in [-0.4, -0.2) is 82.7 Å². The summed E-state index contributed by atoms with van der Waals surface area (Å²) in [6, 6.07) is 0. The Balaban J connectivity index is 3.29. The summed E-state index contributed by atoms with van der Waals surface area (Å²) in [6.45, 7) is 3.59. The minimum absolute atomic E-state index is 0.0388. The van der Waals surface area contributed by atoms with Gasteiger partial charge >= 0.3 is 17.9 Å². The Hall–Kier alpha value is -1.75. The molecule has 0 amide bonds. The predicted molar refractivity (Wildman–Crippen MR) is 85.0 cm³/mol. The highest BCUT2D eigenvalue weighted by Crippen LogP contribution is 2.31. The van der Waals surface area contributed by atoms with Gasteiger partial charge in [-0.3, -0.25) is 14.4 Å². The average Bonchev–Trinajstić information content (AvgIpc) is 2.54. The first-order chi connectivity index (χ1) is 12.2. The van der Waals surface area contributed by atoms with Gasteiger partial charge in [-0.2, -0.15) is 0 Å². The van der Waals surface area contributed by atoms with Gasteiger partial charge < -0.3 is 33.2 Å². The van der Waals surface area contributed by atoms with Gasteiger partial charge in [-0.25, -0.2) is 0 Å². The zero-order valence-electron chi connectivity index (χ0n) is 15.8. The quantitative estimate of drug-likeness (QED) is 0.416. The fourth-order valence-electron chi connectivity index (χ4n) is 2.80. The molecule has 1 aliphatic rings. The highest BCUT2D eigenvalue weighted by Gasteiger charge is 2.53. The summed E-state index contributed by atoms with van der Waals surface area (Å²) in [7, 11) is 4.16. The zero-order chi connectivity index (χ0) is 19.9. The molecule has 0 bridgehead atoms. The molecule has 0 N–H and O–H groups in total. The summed E-state index contributed by atoms with van der Waals surface area (Å²) in [5, 5.41) is 0. The molecular formula is C16H26O10. The lowest BCUT2D eigenvalue weighted by Crippen LogP contribution is -2.64. The van der Waals surface area contributed by atoms with E-state index in [-0.39, 0.29) is 6.61 Å². The SMILES string of the molecule is COC[C@@H](OC(C)=O)[C@H]1OC(OC)[C@H](OC)[C@@H](OC(C)=O)[C@@H]1OC(C)=O. The first kappa shape index (κ1) is 22.3. The van der Waals surface area contributed by atoms with E-state index in [1.807, 2.05) is 0 Å². The molecule has 0 spiro atoms. The average molecular weight is 378 g/mol. The predicted octanol–water partition coefficient (Wildman–Crippen LogP) is -0.186. The van der Waals surface area contributed by atoms with Crippen molar-refractivity contribution in [2.24, 2.45) is 0 Å². The maximum absolute atomic E-state index is 11.6. The van der Waals surface area contributed by atoms with Gasteiger partial charge in [0.25, 0.3) is 0 Å². The van der Waals surface area contributed by atoms with E-state index in [1.165, 1.54) is 42.1 Å². The van der Waals surface area contributed by atoms with E-state index >= 15 is 0 Å². The summed E-state index contributed by atoms with van der Waals surface area (Å²) in [5.74, 6) is -1.82. The summed E-state index contributed by atoms with van der Waals surface area (Å²) in [5.41, 5.74) is 0. The van der Waals surface area contributed by atoms with Gasteiger partial charge in [-0.15, -0.1) is 0 Å². The van der Waals surface area contributed by atoms with E-state index in [2.05, 4.69) is 0 Å². The largest absolute Gasteiger partial charge is 0.457 e. The van der Waals surface area contributed by atoms with Crippen LogP contribution in [0.3, 0.4) is 0 Å². The van der Waals surface area contributed by atoms with E-state index in [4.69, 9.17) is 33.2 Å². The van der Waals surface area contributed by atoms with Crippen LogP contribution in [0.15, 0.2) is 0 Å². The van der Waals surface area contributed by atoms with Crippen molar-refractivity contribution >= 4 is 17.9 Å². The maximum Gasteiger partial charge on any atom is 0.303 e. The molecule has 0 aliphatic carbocycles. The molecule has 1 aliphatic heterocycles. The van der Waals surface area contributed by atoms with E-state index in [0.29, 0.717) is 0 Å². The molecule has 10 heteroatoms. The van der Waals surface area contributed by atoms with E-state index in [9.17, 15) is 14.4 Å². The number of methoxy groups -OCH3 is 3. The fraction of sp³-hybridized carbons (Fsp3) is 0.812. The lowest BCUT2D eigenvalue weighted by atomic mass is 9.94. The minimum Gasteiger partial charge on any atom is -0.457 e. The first-order valence-electron chi connectivity index (χ1n) is 7.96. The van der Waals surface area contributed by atoms with Crippen molar-refractivity contribution in [2.45, 2.75) is 57.6 Å². The lowest BCUT2D eigenvalue weighted by Gasteiger charge is -2.45. The van der Waals surface area contributed by atoms with Crippen LogP contribution in [0, 0.1) is 0 Å². The number of hydrogen-bond acceptors (Lipinski definition) is 10. The van der Waals surface area contributed by atoms with Crippen molar-refractivity contribution in [1.29, 1.82) is 0 Å². The Morgan fingerprint density at radius 2 is 1.42 bits per heavy atom. The molecule has 0 aromatic heterocycles. The van der Waals surface area contributed by atoms with Gasteiger partial charge in [0, 0.05) is 42.1 Å². The van der Waals surface area contributed by atoms with E-state index < -0.39 is 54.7 Å². The van der Waals surface area contributed by atoms with Crippen LogP contribution in [-0.2, 0) is 47.5 Å². The van der Waals surface area contributed by atoms with Gasteiger partial charge in [0.05, 0.1) is 6.61 Å². The first-order valence-corrected chi connectivity index (χ1v) is 7.96. The number of carbonyl (C=O) groups is 3. The summed E-state index contributed by atoms with van der Waals surface area (Å²) in [4.78, 5) is 34.6. The van der Waals surface area contributed by atoms with Crippen LogP contribution in [0.4, 0.5) is 0 Å². The van der Waals surface area contributed by atoms with Crippen LogP contribution in [0.25, 0.3) is 0 Å². The maximum atomic E-state index is 11.6. The minimum atomic E-state index is -1.10. The lowest BCUT2D eigenvalue weighted by molar-refractivity contribution is -0.314. The van der Waals surface area contributed by atoms with Gasteiger partial charge in [-0.1, -0.05) is 0 Å². The number of esters is 3. The smallest absolute Gasteiger partial charge is 0.303 e. The van der Waals surface area contributed by atoms with Crippen molar-refractivity contribution < 1.29 is 47.5 Å². The zero-order valence-corrected chi connectivity index (χ0v) is 15.8. The standard InChI is InChI=1S/C16H26O10/c1-8(17)23-11(7-20-4)12-13(24-9(2)18)14(25-10(3)19)15(21-5)16(22-6)26-12/h11-16H,7H2,1-6H3/t11-,12-,13-,14+,15-,16?/m1/s1. The monoisotopic (exact) mass is 378 g/mol. The molecule has 1 unspecified atom stereocenters. The molecule has 0 aromatic rings. The van der Waals surface area contributed by atoms with Crippen molar-refractivity contribution in [2.75, 3.05) is 27.9 Å². The van der Waals surface area contributed by atoms with Crippen LogP contribution in [0.5, 0.6) is 0 Å². The van der Waals surface area contributed by atoms with Gasteiger partial charge in [0.15, 0.2) is 24.6 Å². The third kappa shape index (κ3) is 5.90. The number of hydrogen-bond donors (Lipinski definition) is 0. The number of ether oxygens (including phenoxy) is 7. The van der Waals surface area contributed by atoms with E-state index in [0.717, 1.165) is 0 Å². The van der Waals surface area contributed by atoms with Crippen molar-refractivity contribution in [3.05, 3.63) is 0 Å². The Labute approximate surface area is 151 Å². The van der Waals surface area contributed by atoms with Crippen LogP contribution in [0.2, 0.25) is 0 Å². The molecular weight excluding hydrogens is 352 g/mol. The normalized spacial score (nSPS) is 29.5. The Morgan fingerprint density at radius 1 is 0.846 bits per heavy atom. The van der Waals surface area contributed by atoms with Gasteiger partial charge in [-0.05, 0) is 0 Å². The Kier molecular flexibility index (Phi) is 8.93. The molecule has 10 nitrogen and oxygen atoms in total. The van der Waals surface area contributed by atoms with Crippen LogP contribution in [0.1, 0.15) is 20.8 Å².